The molecular weight excluding hydrogens is 182 g/mol. The molecule has 1 unspecified atom stereocenters. The van der Waals surface area contributed by atoms with E-state index in [4.69, 9.17) is 4.42 Å². The lowest BCUT2D eigenvalue weighted by Crippen LogP contribution is -2.00. The van der Waals surface area contributed by atoms with Crippen LogP contribution in [0.15, 0.2) is 29.0 Å². The van der Waals surface area contributed by atoms with Crippen LogP contribution in [0.25, 0.3) is 0 Å². The maximum absolute atomic E-state index is 9.70. The number of rotatable bonds is 3. The van der Waals surface area contributed by atoms with Crippen LogP contribution in [0.5, 0.6) is 0 Å². The van der Waals surface area contributed by atoms with Gasteiger partial charge < -0.3 is 9.52 Å². The second-order valence-corrected chi connectivity index (χ2v) is 3.12. The van der Waals surface area contributed by atoms with Crippen LogP contribution in [0.3, 0.4) is 0 Å². The number of aromatic nitrogens is 3. The minimum absolute atomic E-state index is 0.418. The van der Waals surface area contributed by atoms with E-state index in [2.05, 4.69) is 10.3 Å². The van der Waals surface area contributed by atoms with E-state index in [1.165, 1.54) is 6.26 Å². The van der Waals surface area contributed by atoms with Crippen LogP contribution < -0.4 is 0 Å². The molecule has 0 saturated carbocycles. The number of hydrogen-bond acceptors (Lipinski definition) is 4. The normalized spacial score (nSPS) is 13.0. The van der Waals surface area contributed by atoms with E-state index in [0.717, 1.165) is 5.69 Å². The summed E-state index contributed by atoms with van der Waals surface area (Å²) in [5.74, 6) is 0.552. The van der Waals surface area contributed by atoms with E-state index >= 15 is 0 Å². The van der Waals surface area contributed by atoms with Gasteiger partial charge >= 0.3 is 0 Å². The van der Waals surface area contributed by atoms with Crippen molar-refractivity contribution in [1.29, 1.82) is 0 Å². The van der Waals surface area contributed by atoms with Crippen LogP contribution in [0.2, 0.25) is 0 Å². The first-order valence-corrected chi connectivity index (χ1v) is 4.32. The number of aliphatic hydroxyl groups excluding tert-OH is 1. The molecule has 5 nitrogen and oxygen atoms in total. The van der Waals surface area contributed by atoms with E-state index < -0.39 is 6.10 Å². The van der Waals surface area contributed by atoms with Gasteiger partial charge in [-0.15, -0.1) is 5.10 Å². The molecule has 2 aromatic heterocycles. The molecule has 0 amide bonds. The van der Waals surface area contributed by atoms with Crippen molar-refractivity contribution < 1.29 is 9.52 Å². The Bertz CT molecular complexity index is 394. The molecule has 5 heteroatoms. The van der Waals surface area contributed by atoms with E-state index in [1.807, 2.05) is 0 Å². The predicted octanol–water partition coefficient (Wildman–Crippen LogP) is 0.684. The fourth-order valence-electron chi connectivity index (χ4n) is 1.27. The van der Waals surface area contributed by atoms with Crippen molar-refractivity contribution in [2.75, 3.05) is 0 Å². The third-order valence-electron chi connectivity index (χ3n) is 1.92. The fraction of sp³-hybridized carbons (Fsp3) is 0.333. The van der Waals surface area contributed by atoms with E-state index in [0.29, 0.717) is 12.2 Å². The van der Waals surface area contributed by atoms with Crippen LogP contribution in [0, 0.1) is 0 Å². The minimum Gasteiger partial charge on any atom is -0.467 e. The Morgan fingerprint density at radius 3 is 3.07 bits per heavy atom. The molecule has 1 N–H and O–H groups in total. The van der Waals surface area contributed by atoms with Gasteiger partial charge in [0.1, 0.15) is 11.9 Å². The standard InChI is InChI=1S/C9H11N3O2/c1-12-6-7(10-11-12)5-8(13)9-3-2-4-14-9/h2-4,6,8,13H,5H2,1H3. The van der Waals surface area contributed by atoms with E-state index in [-0.39, 0.29) is 0 Å². The Kier molecular flexibility index (Phi) is 2.32. The zero-order valence-electron chi connectivity index (χ0n) is 7.79. The Hall–Kier alpha value is -1.62. The van der Waals surface area contributed by atoms with Crippen molar-refractivity contribution in [2.45, 2.75) is 12.5 Å². The van der Waals surface area contributed by atoms with Crippen LogP contribution in [0.4, 0.5) is 0 Å². The number of nitrogens with zero attached hydrogens (tertiary/aromatic N) is 3. The van der Waals surface area contributed by atoms with Crippen molar-refractivity contribution >= 4 is 0 Å². The summed E-state index contributed by atoms with van der Waals surface area (Å²) in [5.41, 5.74) is 0.747. The average molecular weight is 193 g/mol. The van der Waals surface area contributed by atoms with Crippen molar-refractivity contribution in [3.05, 3.63) is 36.0 Å². The monoisotopic (exact) mass is 193 g/mol. The Morgan fingerprint density at radius 2 is 2.50 bits per heavy atom. The molecule has 0 radical (unpaired) electrons. The summed E-state index contributed by atoms with van der Waals surface area (Å²) in [7, 11) is 1.79. The molecule has 74 valence electrons. The second kappa shape index (κ2) is 3.63. The first kappa shape index (κ1) is 8.96. The van der Waals surface area contributed by atoms with Gasteiger partial charge in [0.25, 0.3) is 0 Å². The highest BCUT2D eigenvalue weighted by Crippen LogP contribution is 2.16. The summed E-state index contributed by atoms with van der Waals surface area (Å²) in [4.78, 5) is 0. The molecule has 0 bridgehead atoms. The number of aryl methyl sites for hydroxylation is 1. The lowest BCUT2D eigenvalue weighted by Gasteiger charge is -2.03. The number of furan rings is 1. The Morgan fingerprint density at radius 1 is 1.64 bits per heavy atom. The van der Waals surface area contributed by atoms with Gasteiger partial charge in [0.15, 0.2) is 0 Å². The van der Waals surface area contributed by atoms with Gasteiger partial charge in [-0.25, -0.2) is 0 Å². The third kappa shape index (κ3) is 1.82. The van der Waals surface area contributed by atoms with Crippen molar-refractivity contribution in [2.24, 2.45) is 7.05 Å². The number of aliphatic hydroxyl groups is 1. The molecule has 2 heterocycles. The Balaban J connectivity index is 2.05. The zero-order chi connectivity index (χ0) is 9.97. The third-order valence-corrected chi connectivity index (χ3v) is 1.92. The lowest BCUT2D eigenvalue weighted by molar-refractivity contribution is 0.149. The van der Waals surface area contributed by atoms with E-state index in [9.17, 15) is 5.11 Å². The number of hydrogen-bond donors (Lipinski definition) is 1. The van der Waals surface area contributed by atoms with Gasteiger partial charge in [-0.3, -0.25) is 4.68 Å². The lowest BCUT2D eigenvalue weighted by atomic mass is 10.1. The van der Waals surface area contributed by atoms with Gasteiger partial charge in [0, 0.05) is 19.7 Å². The van der Waals surface area contributed by atoms with Crippen LogP contribution in [0.1, 0.15) is 17.6 Å². The molecule has 0 fully saturated rings. The van der Waals surface area contributed by atoms with Crippen molar-refractivity contribution in [3.8, 4) is 0 Å². The summed E-state index contributed by atoms with van der Waals surface area (Å²) in [5, 5.41) is 17.4. The van der Waals surface area contributed by atoms with Crippen LogP contribution in [-0.4, -0.2) is 20.1 Å². The summed E-state index contributed by atoms with van der Waals surface area (Å²) in [6, 6.07) is 3.48. The van der Waals surface area contributed by atoms with Gasteiger partial charge in [-0.05, 0) is 12.1 Å². The van der Waals surface area contributed by atoms with Gasteiger partial charge in [0.2, 0.25) is 0 Å². The topological polar surface area (TPSA) is 64.1 Å². The molecule has 14 heavy (non-hydrogen) atoms. The molecule has 1 atom stereocenters. The Labute approximate surface area is 81.0 Å². The highest BCUT2D eigenvalue weighted by atomic mass is 16.4. The van der Waals surface area contributed by atoms with Crippen molar-refractivity contribution in [1.82, 2.24) is 15.0 Å². The highest BCUT2D eigenvalue weighted by molar-refractivity contribution is 5.06. The fourth-order valence-corrected chi connectivity index (χ4v) is 1.27. The summed E-state index contributed by atoms with van der Waals surface area (Å²) >= 11 is 0. The molecule has 0 spiro atoms. The quantitative estimate of drug-likeness (QED) is 0.778. The first-order chi connectivity index (χ1) is 6.75. The first-order valence-electron chi connectivity index (χ1n) is 4.32. The second-order valence-electron chi connectivity index (χ2n) is 3.12. The smallest absolute Gasteiger partial charge is 0.132 e. The van der Waals surface area contributed by atoms with Crippen LogP contribution in [-0.2, 0) is 13.5 Å². The molecular formula is C9H11N3O2. The minimum atomic E-state index is -0.651. The van der Waals surface area contributed by atoms with Gasteiger partial charge in [-0.1, -0.05) is 5.21 Å². The van der Waals surface area contributed by atoms with Gasteiger partial charge in [0.05, 0.1) is 12.0 Å². The molecule has 0 saturated heterocycles. The average Bonchev–Trinajstić information content (AvgIpc) is 2.75. The predicted molar refractivity (Wildman–Crippen MR) is 48.4 cm³/mol. The SMILES string of the molecule is Cn1cc(CC(O)c2ccco2)nn1. The maximum atomic E-state index is 9.70. The van der Waals surface area contributed by atoms with Gasteiger partial charge in [-0.2, -0.15) is 0 Å². The highest BCUT2D eigenvalue weighted by Gasteiger charge is 2.12. The summed E-state index contributed by atoms with van der Waals surface area (Å²) in [6.07, 6.45) is 3.07. The molecule has 0 aromatic carbocycles. The molecule has 0 aliphatic rings. The zero-order valence-corrected chi connectivity index (χ0v) is 7.79. The van der Waals surface area contributed by atoms with Crippen LogP contribution >= 0.6 is 0 Å². The summed E-state index contributed by atoms with van der Waals surface area (Å²) < 4.78 is 6.67. The molecule has 2 rings (SSSR count). The maximum Gasteiger partial charge on any atom is 0.132 e. The molecule has 2 aromatic rings. The van der Waals surface area contributed by atoms with Crippen molar-refractivity contribution in [3.63, 3.8) is 0 Å². The molecule has 0 aliphatic carbocycles. The molecule has 0 aliphatic heterocycles. The van der Waals surface area contributed by atoms with E-state index in [1.54, 1.807) is 30.1 Å². The largest absolute Gasteiger partial charge is 0.467 e. The summed E-state index contributed by atoms with van der Waals surface area (Å²) in [6.45, 7) is 0.